The van der Waals surface area contributed by atoms with E-state index in [9.17, 15) is 9.59 Å². The van der Waals surface area contributed by atoms with E-state index in [2.05, 4.69) is 15.6 Å². The normalized spacial score (nSPS) is 10.5. The van der Waals surface area contributed by atoms with Crippen molar-refractivity contribution in [2.24, 2.45) is 0 Å². The lowest BCUT2D eigenvalue weighted by Crippen LogP contribution is -2.35. The molecule has 5 nitrogen and oxygen atoms in total. The standard InChI is InChI=1S/C17H14ClN3O2/c18-14-4-2-1-3-12(14)10-20-16(22)17(23)21-13-5-6-15-11(9-13)7-8-19-15/h1-9,19H,10H2,(H,20,22)(H,21,23). The van der Waals surface area contributed by atoms with Crippen molar-refractivity contribution >= 4 is 40.0 Å². The predicted octanol–water partition coefficient (Wildman–Crippen LogP) is 3.08. The van der Waals surface area contributed by atoms with Crippen molar-refractivity contribution in [2.45, 2.75) is 6.54 Å². The summed E-state index contributed by atoms with van der Waals surface area (Å²) in [5.74, 6) is -1.42. The number of hydrogen-bond donors (Lipinski definition) is 3. The molecule has 0 aliphatic rings. The number of carbonyl (C=O) groups excluding carboxylic acids is 2. The molecule has 2 amide bonds. The van der Waals surface area contributed by atoms with Gasteiger partial charge < -0.3 is 15.6 Å². The first-order valence-corrected chi connectivity index (χ1v) is 7.41. The summed E-state index contributed by atoms with van der Waals surface area (Å²) in [7, 11) is 0. The van der Waals surface area contributed by atoms with E-state index in [4.69, 9.17) is 11.6 Å². The number of fused-ring (bicyclic) bond motifs is 1. The molecule has 0 radical (unpaired) electrons. The topological polar surface area (TPSA) is 74.0 Å². The Bertz CT molecular complexity index is 873. The molecule has 0 aliphatic carbocycles. The third kappa shape index (κ3) is 3.52. The maximum Gasteiger partial charge on any atom is 0.313 e. The lowest BCUT2D eigenvalue weighted by molar-refractivity contribution is -0.136. The van der Waals surface area contributed by atoms with Gasteiger partial charge in [0.1, 0.15) is 0 Å². The zero-order valence-corrected chi connectivity index (χ0v) is 12.9. The molecule has 0 saturated carbocycles. The van der Waals surface area contributed by atoms with Crippen molar-refractivity contribution in [2.75, 3.05) is 5.32 Å². The number of aromatic amines is 1. The number of carbonyl (C=O) groups is 2. The van der Waals surface area contributed by atoms with E-state index in [1.807, 2.05) is 24.4 Å². The molecule has 1 heterocycles. The summed E-state index contributed by atoms with van der Waals surface area (Å²) < 4.78 is 0. The van der Waals surface area contributed by atoms with Crippen LogP contribution in [0.2, 0.25) is 5.02 Å². The van der Waals surface area contributed by atoms with Gasteiger partial charge in [0.25, 0.3) is 0 Å². The van der Waals surface area contributed by atoms with Crippen LogP contribution in [0.15, 0.2) is 54.7 Å². The van der Waals surface area contributed by atoms with Crippen LogP contribution in [0, 0.1) is 0 Å². The number of nitrogens with one attached hydrogen (secondary N) is 3. The molecule has 0 aliphatic heterocycles. The first-order chi connectivity index (χ1) is 11.1. The first-order valence-electron chi connectivity index (χ1n) is 7.03. The molecule has 2 aromatic carbocycles. The van der Waals surface area contributed by atoms with Crippen molar-refractivity contribution in [3.05, 3.63) is 65.3 Å². The van der Waals surface area contributed by atoms with E-state index in [1.54, 1.807) is 30.3 Å². The van der Waals surface area contributed by atoms with E-state index in [-0.39, 0.29) is 6.54 Å². The average Bonchev–Trinajstić information content (AvgIpc) is 3.01. The van der Waals surface area contributed by atoms with Crippen molar-refractivity contribution in [3.8, 4) is 0 Å². The number of rotatable bonds is 3. The molecule has 116 valence electrons. The van der Waals surface area contributed by atoms with Crippen LogP contribution < -0.4 is 10.6 Å². The highest BCUT2D eigenvalue weighted by molar-refractivity contribution is 6.39. The van der Waals surface area contributed by atoms with Gasteiger partial charge in [-0.3, -0.25) is 9.59 Å². The second-order valence-electron chi connectivity index (χ2n) is 5.01. The van der Waals surface area contributed by atoms with Gasteiger partial charge in [-0.05, 0) is 35.9 Å². The van der Waals surface area contributed by atoms with E-state index in [0.717, 1.165) is 16.5 Å². The third-order valence-corrected chi connectivity index (χ3v) is 3.78. The monoisotopic (exact) mass is 327 g/mol. The molecular weight excluding hydrogens is 314 g/mol. The van der Waals surface area contributed by atoms with Crippen LogP contribution in [0.25, 0.3) is 10.9 Å². The van der Waals surface area contributed by atoms with Gasteiger partial charge in [-0.2, -0.15) is 0 Å². The van der Waals surface area contributed by atoms with Crippen LogP contribution in [0.4, 0.5) is 5.69 Å². The molecule has 3 N–H and O–H groups in total. The van der Waals surface area contributed by atoms with Gasteiger partial charge in [0.2, 0.25) is 0 Å². The molecule has 0 fully saturated rings. The molecule has 6 heteroatoms. The fraction of sp³-hybridized carbons (Fsp3) is 0.0588. The van der Waals surface area contributed by atoms with Gasteiger partial charge in [-0.25, -0.2) is 0 Å². The van der Waals surface area contributed by atoms with Crippen molar-refractivity contribution in [1.82, 2.24) is 10.3 Å². The highest BCUT2D eigenvalue weighted by Gasteiger charge is 2.14. The lowest BCUT2D eigenvalue weighted by Gasteiger charge is -2.08. The van der Waals surface area contributed by atoms with Crippen molar-refractivity contribution < 1.29 is 9.59 Å². The largest absolute Gasteiger partial charge is 0.361 e. The maximum absolute atomic E-state index is 11.9. The molecule has 23 heavy (non-hydrogen) atoms. The first kappa shape index (κ1) is 15.1. The predicted molar refractivity (Wildman–Crippen MR) is 90.2 cm³/mol. The van der Waals surface area contributed by atoms with Crippen LogP contribution >= 0.6 is 11.6 Å². The molecule has 3 rings (SSSR count). The minimum atomic E-state index is -0.716. The highest BCUT2D eigenvalue weighted by Crippen LogP contribution is 2.18. The Hall–Kier alpha value is -2.79. The third-order valence-electron chi connectivity index (χ3n) is 3.41. The van der Waals surface area contributed by atoms with E-state index in [0.29, 0.717) is 10.7 Å². The van der Waals surface area contributed by atoms with Crippen LogP contribution in [0.1, 0.15) is 5.56 Å². The Kier molecular flexibility index (Phi) is 4.30. The van der Waals surface area contributed by atoms with E-state index in [1.165, 1.54) is 0 Å². The number of halogens is 1. The number of anilines is 1. The number of benzene rings is 2. The molecule has 0 atom stereocenters. The Balaban J connectivity index is 1.61. The minimum Gasteiger partial charge on any atom is -0.361 e. The van der Waals surface area contributed by atoms with Gasteiger partial charge >= 0.3 is 11.8 Å². The minimum absolute atomic E-state index is 0.197. The van der Waals surface area contributed by atoms with Crippen LogP contribution in [0.5, 0.6) is 0 Å². The zero-order chi connectivity index (χ0) is 16.2. The Morgan fingerprint density at radius 2 is 1.87 bits per heavy atom. The van der Waals surface area contributed by atoms with Crippen LogP contribution in [0.3, 0.4) is 0 Å². The van der Waals surface area contributed by atoms with Crippen molar-refractivity contribution in [3.63, 3.8) is 0 Å². The summed E-state index contributed by atoms with van der Waals surface area (Å²) in [5, 5.41) is 6.63. The van der Waals surface area contributed by atoms with Crippen LogP contribution in [-0.4, -0.2) is 16.8 Å². The second kappa shape index (κ2) is 6.54. The maximum atomic E-state index is 11.9. The molecule has 3 aromatic rings. The second-order valence-corrected chi connectivity index (χ2v) is 5.42. The smallest absolute Gasteiger partial charge is 0.313 e. The highest BCUT2D eigenvalue weighted by atomic mass is 35.5. The average molecular weight is 328 g/mol. The van der Waals surface area contributed by atoms with Gasteiger partial charge in [0.05, 0.1) is 0 Å². The lowest BCUT2D eigenvalue weighted by atomic mass is 10.2. The fourth-order valence-electron chi connectivity index (χ4n) is 2.22. The number of hydrogen-bond acceptors (Lipinski definition) is 2. The molecule has 0 unspecified atom stereocenters. The van der Waals surface area contributed by atoms with Gasteiger partial charge in [-0.1, -0.05) is 29.8 Å². The quantitative estimate of drug-likeness (QED) is 0.647. The summed E-state index contributed by atoms with van der Waals surface area (Å²) >= 11 is 6.01. The van der Waals surface area contributed by atoms with Crippen molar-refractivity contribution in [1.29, 1.82) is 0 Å². The number of aromatic nitrogens is 1. The summed E-state index contributed by atoms with van der Waals surface area (Å²) in [6, 6.07) is 14.4. The Labute approximate surface area is 137 Å². The Morgan fingerprint density at radius 3 is 2.70 bits per heavy atom. The SMILES string of the molecule is O=C(NCc1ccccc1Cl)C(=O)Nc1ccc2[nH]ccc2c1. The molecule has 0 saturated heterocycles. The van der Waals surface area contributed by atoms with Gasteiger partial charge in [-0.15, -0.1) is 0 Å². The summed E-state index contributed by atoms with van der Waals surface area (Å²) in [4.78, 5) is 26.9. The molecule has 0 spiro atoms. The number of H-pyrrole nitrogens is 1. The van der Waals surface area contributed by atoms with Gasteiger partial charge in [0.15, 0.2) is 0 Å². The fourth-order valence-corrected chi connectivity index (χ4v) is 2.42. The van der Waals surface area contributed by atoms with E-state index >= 15 is 0 Å². The van der Waals surface area contributed by atoms with Crippen LogP contribution in [-0.2, 0) is 16.1 Å². The van der Waals surface area contributed by atoms with Gasteiger partial charge in [0, 0.05) is 34.4 Å². The van der Waals surface area contributed by atoms with E-state index < -0.39 is 11.8 Å². The molecule has 0 bridgehead atoms. The molecule has 1 aromatic heterocycles. The summed E-state index contributed by atoms with van der Waals surface area (Å²) in [6.07, 6.45) is 1.81. The summed E-state index contributed by atoms with van der Waals surface area (Å²) in [6.45, 7) is 0.197. The molecular formula is C17H14ClN3O2. The zero-order valence-electron chi connectivity index (χ0n) is 12.1. The number of amides is 2. The Morgan fingerprint density at radius 1 is 1.04 bits per heavy atom. The summed E-state index contributed by atoms with van der Waals surface area (Å²) in [5.41, 5.74) is 2.28.